The summed E-state index contributed by atoms with van der Waals surface area (Å²) >= 11 is 5.84. The average Bonchev–Trinajstić information content (AvgIpc) is 3.75. The Morgan fingerprint density at radius 1 is 0.961 bits per heavy atom. The second-order valence-electron chi connectivity index (χ2n) is 13.1. The number of sulfonamides is 1. The van der Waals surface area contributed by atoms with Crippen molar-refractivity contribution in [1.82, 2.24) is 19.5 Å². The molecule has 1 aliphatic heterocycles. The van der Waals surface area contributed by atoms with Crippen molar-refractivity contribution in [2.75, 3.05) is 6.54 Å². The van der Waals surface area contributed by atoms with Gasteiger partial charge in [0.05, 0.1) is 17.0 Å². The molecule has 4 amide bonds. The summed E-state index contributed by atoms with van der Waals surface area (Å²) in [5.41, 5.74) is 7.07. The number of benzene rings is 3. The zero-order valence-electron chi connectivity index (χ0n) is 28.5. The molecule has 1 fully saturated rings. The Balaban J connectivity index is 1.41. The van der Waals surface area contributed by atoms with Crippen molar-refractivity contribution >= 4 is 56.4 Å². The fraction of sp³-hybridized carbons (Fsp3) is 0.361. The second kappa shape index (κ2) is 15.4. The molecule has 5 rings (SSSR count). The van der Waals surface area contributed by atoms with Crippen LogP contribution in [0.15, 0.2) is 82.1 Å². The van der Waals surface area contributed by atoms with Gasteiger partial charge in [0.25, 0.3) is 33.7 Å². The number of rotatable bonds is 11. The lowest BCUT2D eigenvalue weighted by Gasteiger charge is -2.38. The first kappa shape index (κ1) is 37.8. The summed E-state index contributed by atoms with van der Waals surface area (Å²) in [5.74, 6) is -4.17. The number of likely N-dealkylation sites (tertiary alicyclic amines) is 1. The lowest BCUT2D eigenvalue weighted by atomic mass is 9.95. The van der Waals surface area contributed by atoms with Crippen molar-refractivity contribution < 1.29 is 37.1 Å². The number of hydrogen-bond acceptors (Lipinski definition) is 11. The monoisotopic (exact) mass is 737 g/mol. The first-order chi connectivity index (χ1) is 24.1. The first-order valence-electron chi connectivity index (χ1n) is 16.5. The van der Waals surface area contributed by atoms with E-state index in [1.165, 1.54) is 48.5 Å². The minimum Gasteiger partial charge on any atom is -0.438 e. The Kier molecular flexibility index (Phi) is 11.4. The van der Waals surface area contributed by atoms with Gasteiger partial charge >= 0.3 is 0 Å². The maximum atomic E-state index is 14.4. The highest BCUT2D eigenvalue weighted by Crippen LogP contribution is 2.34. The molecule has 270 valence electrons. The standard InChI is InChI=1S/C36H40ClN5O8S/c1-20(2)29(38)36(47)42(34(45)23-13-11-22(12-14-23)32(44)40-51(48,49)25-17-15-24(37)16-18-25)35(46)27-9-7-19-41(27)30(21(3)4)31(43)33-39-26-8-5-6-10-28(26)50-33/h5-6,8,10-18,20-21,27,29-31,43H,7,9,19,38H2,1-4H3,(H,40,44)/t27-,29-,30?,31?/m0/s1. The number of carbonyl (C=O) groups is 4. The van der Waals surface area contributed by atoms with Gasteiger partial charge in [0.1, 0.15) is 11.6 Å². The van der Waals surface area contributed by atoms with Crippen LogP contribution >= 0.6 is 11.6 Å². The molecule has 51 heavy (non-hydrogen) atoms. The van der Waals surface area contributed by atoms with E-state index >= 15 is 0 Å². The predicted octanol–water partition coefficient (Wildman–Crippen LogP) is 4.30. The number of imide groups is 3. The van der Waals surface area contributed by atoms with Crippen LogP contribution in [0.4, 0.5) is 0 Å². The van der Waals surface area contributed by atoms with Gasteiger partial charge in [-0.2, -0.15) is 0 Å². The molecule has 1 saturated heterocycles. The zero-order valence-corrected chi connectivity index (χ0v) is 30.1. The Hall–Kier alpha value is -4.47. The van der Waals surface area contributed by atoms with Crippen LogP contribution in [0.1, 0.15) is 73.2 Å². The Labute approximate surface area is 300 Å². The highest BCUT2D eigenvalue weighted by molar-refractivity contribution is 7.90. The molecule has 15 heteroatoms. The summed E-state index contributed by atoms with van der Waals surface area (Å²) in [7, 11) is -4.23. The molecular weight excluding hydrogens is 698 g/mol. The molecule has 0 spiro atoms. The number of aromatic nitrogens is 1. The predicted molar refractivity (Wildman–Crippen MR) is 189 cm³/mol. The van der Waals surface area contributed by atoms with Gasteiger partial charge in [-0.3, -0.25) is 24.1 Å². The highest BCUT2D eigenvalue weighted by Gasteiger charge is 2.46. The quantitative estimate of drug-likeness (QED) is 0.186. The van der Waals surface area contributed by atoms with Crippen LogP contribution in [0, 0.1) is 11.8 Å². The number of oxazole rings is 1. The van der Waals surface area contributed by atoms with Crippen LogP contribution in [-0.4, -0.2) is 76.6 Å². The van der Waals surface area contributed by atoms with E-state index in [0.29, 0.717) is 40.4 Å². The number of fused-ring (bicyclic) bond motifs is 1. The molecule has 0 saturated carbocycles. The summed E-state index contributed by atoms with van der Waals surface area (Å²) in [5, 5.41) is 11.9. The second-order valence-corrected chi connectivity index (χ2v) is 15.3. The van der Waals surface area contributed by atoms with Gasteiger partial charge in [-0.1, -0.05) is 51.4 Å². The normalized spacial score (nSPS) is 17.0. The van der Waals surface area contributed by atoms with Crippen LogP contribution in [-0.2, 0) is 19.6 Å². The molecule has 3 aromatic carbocycles. The van der Waals surface area contributed by atoms with Crippen molar-refractivity contribution in [2.45, 2.75) is 69.7 Å². The fourth-order valence-electron chi connectivity index (χ4n) is 6.14. The topological polar surface area (TPSA) is 193 Å². The molecule has 4 N–H and O–H groups in total. The van der Waals surface area contributed by atoms with Crippen molar-refractivity contribution in [3.63, 3.8) is 0 Å². The highest BCUT2D eigenvalue weighted by atomic mass is 35.5. The molecule has 2 heterocycles. The Morgan fingerprint density at radius 2 is 1.59 bits per heavy atom. The lowest BCUT2D eigenvalue weighted by Crippen LogP contribution is -2.58. The van der Waals surface area contributed by atoms with Gasteiger partial charge < -0.3 is 15.3 Å². The van der Waals surface area contributed by atoms with E-state index in [4.69, 9.17) is 21.8 Å². The van der Waals surface area contributed by atoms with Crippen molar-refractivity contribution in [1.29, 1.82) is 0 Å². The van der Waals surface area contributed by atoms with E-state index in [-0.39, 0.29) is 27.8 Å². The zero-order chi connectivity index (χ0) is 37.2. The minimum absolute atomic E-state index is 0.0870. The van der Waals surface area contributed by atoms with Crippen LogP contribution in [0.3, 0.4) is 0 Å². The van der Waals surface area contributed by atoms with E-state index in [9.17, 15) is 32.7 Å². The van der Waals surface area contributed by atoms with Crippen LogP contribution < -0.4 is 10.5 Å². The number of carbonyl (C=O) groups excluding carboxylic acids is 4. The summed E-state index contributed by atoms with van der Waals surface area (Å²) in [6.45, 7) is 7.55. The Morgan fingerprint density at radius 3 is 2.20 bits per heavy atom. The number of nitrogens with zero attached hydrogens (tertiary/aromatic N) is 3. The molecule has 0 radical (unpaired) electrons. The summed E-state index contributed by atoms with van der Waals surface area (Å²) < 4.78 is 33.3. The number of halogens is 1. The number of amides is 4. The largest absolute Gasteiger partial charge is 0.438 e. The van der Waals surface area contributed by atoms with Gasteiger partial charge in [0, 0.05) is 22.2 Å². The average molecular weight is 738 g/mol. The fourth-order valence-corrected chi connectivity index (χ4v) is 7.24. The molecule has 0 bridgehead atoms. The third kappa shape index (κ3) is 8.05. The summed E-state index contributed by atoms with van der Waals surface area (Å²) in [4.78, 5) is 61.7. The Bertz CT molecular complexity index is 2000. The molecule has 4 aromatic rings. The van der Waals surface area contributed by atoms with Crippen molar-refractivity contribution in [3.8, 4) is 0 Å². The van der Waals surface area contributed by atoms with E-state index in [0.717, 1.165) is 0 Å². The summed E-state index contributed by atoms with van der Waals surface area (Å²) in [6, 6.07) is 14.4. The number of para-hydroxylation sites is 2. The van der Waals surface area contributed by atoms with Crippen LogP contribution in [0.25, 0.3) is 11.1 Å². The first-order valence-corrected chi connectivity index (χ1v) is 18.4. The molecule has 2 unspecified atom stereocenters. The molecule has 13 nitrogen and oxygen atoms in total. The maximum Gasteiger partial charge on any atom is 0.267 e. The van der Waals surface area contributed by atoms with Crippen molar-refractivity contribution in [2.24, 2.45) is 17.6 Å². The number of nitrogens with one attached hydrogen (secondary N) is 1. The maximum absolute atomic E-state index is 14.4. The third-order valence-corrected chi connectivity index (χ3v) is 10.5. The molecular formula is C36H40ClN5O8S. The third-order valence-electron chi connectivity index (χ3n) is 8.92. The van der Waals surface area contributed by atoms with Gasteiger partial charge in [-0.15, -0.1) is 0 Å². The number of hydrogen-bond donors (Lipinski definition) is 3. The minimum atomic E-state index is -4.23. The smallest absolute Gasteiger partial charge is 0.267 e. The number of aliphatic hydroxyl groups is 1. The molecule has 1 aliphatic rings. The lowest BCUT2D eigenvalue weighted by molar-refractivity contribution is -0.146. The number of nitrogens with two attached hydrogens (primary N) is 1. The molecule has 0 aliphatic carbocycles. The van der Waals surface area contributed by atoms with Crippen LogP contribution in [0.5, 0.6) is 0 Å². The van der Waals surface area contributed by atoms with Gasteiger partial charge in [-0.05, 0) is 91.9 Å². The van der Waals surface area contributed by atoms with E-state index < -0.39 is 63.8 Å². The van der Waals surface area contributed by atoms with E-state index in [1.54, 1.807) is 43.0 Å². The SMILES string of the molecule is CC(C)C(C(O)c1nc2ccccc2o1)N1CCC[C@H]1C(=O)N(C(=O)c1ccc(C(=O)NS(=O)(=O)c2ccc(Cl)cc2)cc1)C(=O)[C@@H](N)C(C)C. The van der Waals surface area contributed by atoms with Gasteiger partial charge in [0.2, 0.25) is 5.89 Å². The van der Waals surface area contributed by atoms with Gasteiger partial charge in [0.15, 0.2) is 5.58 Å². The van der Waals surface area contributed by atoms with Crippen molar-refractivity contribution in [3.05, 3.63) is 94.8 Å². The van der Waals surface area contributed by atoms with E-state index in [1.807, 2.05) is 18.6 Å². The molecule has 1 aromatic heterocycles. The summed E-state index contributed by atoms with van der Waals surface area (Å²) in [6.07, 6.45) is -0.377. The van der Waals surface area contributed by atoms with E-state index in [2.05, 4.69) is 4.98 Å². The van der Waals surface area contributed by atoms with Gasteiger partial charge in [-0.25, -0.2) is 23.0 Å². The van der Waals surface area contributed by atoms with Crippen LogP contribution in [0.2, 0.25) is 5.02 Å². The molecule has 4 atom stereocenters. The number of aliphatic hydroxyl groups excluding tert-OH is 1.